The standard InChI is InChI=1S/C20H28O2/c1-16(2)6-5-7-17(3)12-13-22-20-10-8-19(9-11-20)14-18(4)15-21/h6,8-12,14,21H,5,7,13,15H2,1-4H3/b17-12+,18-14-. The van der Waals surface area contributed by atoms with E-state index in [1.165, 1.54) is 11.1 Å². The van der Waals surface area contributed by atoms with E-state index in [9.17, 15) is 0 Å². The SMILES string of the molecule is CC(C)=CCC/C(C)=C/COc1ccc(/C=C(/C)CO)cc1. The first kappa shape index (κ1) is 18.2. The van der Waals surface area contributed by atoms with Crippen LogP contribution >= 0.6 is 0 Å². The van der Waals surface area contributed by atoms with Crippen molar-refractivity contribution >= 4 is 6.08 Å². The Hall–Kier alpha value is -1.80. The smallest absolute Gasteiger partial charge is 0.119 e. The van der Waals surface area contributed by atoms with E-state index in [0.717, 1.165) is 29.7 Å². The van der Waals surface area contributed by atoms with Crippen LogP contribution in [0.1, 0.15) is 46.1 Å². The molecule has 0 bridgehead atoms. The van der Waals surface area contributed by atoms with E-state index in [4.69, 9.17) is 9.84 Å². The molecule has 0 atom stereocenters. The van der Waals surface area contributed by atoms with Gasteiger partial charge in [-0.1, -0.05) is 35.4 Å². The maximum atomic E-state index is 9.01. The average Bonchev–Trinajstić information content (AvgIpc) is 2.48. The molecule has 0 radical (unpaired) electrons. The molecule has 0 aromatic heterocycles. The highest BCUT2D eigenvalue weighted by Gasteiger charge is 1.95. The molecule has 0 aliphatic carbocycles. The van der Waals surface area contributed by atoms with Crippen LogP contribution in [0.15, 0.2) is 53.1 Å². The predicted molar refractivity (Wildman–Crippen MR) is 95.1 cm³/mol. The van der Waals surface area contributed by atoms with Crippen molar-refractivity contribution in [2.45, 2.75) is 40.5 Å². The molecule has 120 valence electrons. The summed E-state index contributed by atoms with van der Waals surface area (Å²) in [6.07, 6.45) is 8.55. The molecule has 0 saturated heterocycles. The van der Waals surface area contributed by atoms with Crippen molar-refractivity contribution in [3.63, 3.8) is 0 Å². The Morgan fingerprint density at radius 2 is 1.68 bits per heavy atom. The number of benzene rings is 1. The number of allylic oxidation sites excluding steroid dienone is 3. The Morgan fingerprint density at radius 1 is 1.00 bits per heavy atom. The number of aliphatic hydroxyl groups is 1. The van der Waals surface area contributed by atoms with Gasteiger partial charge in [-0.15, -0.1) is 0 Å². The number of rotatable bonds is 8. The fourth-order valence-corrected chi connectivity index (χ4v) is 1.96. The van der Waals surface area contributed by atoms with Gasteiger partial charge < -0.3 is 9.84 Å². The molecule has 1 aromatic rings. The maximum Gasteiger partial charge on any atom is 0.119 e. The minimum Gasteiger partial charge on any atom is -0.490 e. The minimum atomic E-state index is 0.0923. The van der Waals surface area contributed by atoms with Crippen LogP contribution in [0.2, 0.25) is 0 Å². The second-order valence-electron chi connectivity index (χ2n) is 5.90. The lowest BCUT2D eigenvalue weighted by Gasteiger charge is -2.05. The highest BCUT2D eigenvalue weighted by Crippen LogP contribution is 2.15. The number of hydrogen-bond acceptors (Lipinski definition) is 2. The molecule has 0 fully saturated rings. The summed E-state index contributed by atoms with van der Waals surface area (Å²) in [4.78, 5) is 0. The summed E-state index contributed by atoms with van der Waals surface area (Å²) in [5.74, 6) is 0.868. The molecule has 0 unspecified atom stereocenters. The first-order valence-corrected chi connectivity index (χ1v) is 7.81. The van der Waals surface area contributed by atoms with Crippen LogP contribution in [0.25, 0.3) is 6.08 Å². The van der Waals surface area contributed by atoms with Gasteiger partial charge in [0, 0.05) is 0 Å². The van der Waals surface area contributed by atoms with E-state index in [2.05, 4.69) is 32.9 Å². The van der Waals surface area contributed by atoms with Crippen LogP contribution in [0.4, 0.5) is 0 Å². The van der Waals surface area contributed by atoms with E-state index in [1.807, 2.05) is 37.3 Å². The zero-order valence-corrected chi connectivity index (χ0v) is 14.2. The summed E-state index contributed by atoms with van der Waals surface area (Å²) < 4.78 is 5.73. The third kappa shape index (κ3) is 7.84. The Bertz CT molecular complexity index is 529. The lowest BCUT2D eigenvalue weighted by atomic mass is 10.1. The molecule has 0 amide bonds. The summed E-state index contributed by atoms with van der Waals surface area (Å²) in [5.41, 5.74) is 4.75. The Labute approximate surface area is 134 Å². The van der Waals surface area contributed by atoms with Gasteiger partial charge in [-0.2, -0.15) is 0 Å². The van der Waals surface area contributed by atoms with Crippen molar-refractivity contribution < 1.29 is 9.84 Å². The number of ether oxygens (including phenoxy) is 1. The van der Waals surface area contributed by atoms with Crippen LogP contribution in [-0.4, -0.2) is 18.3 Å². The molecule has 0 spiro atoms. The molecule has 2 heteroatoms. The minimum absolute atomic E-state index is 0.0923. The van der Waals surface area contributed by atoms with E-state index < -0.39 is 0 Å². The Kier molecular flexibility index (Phi) is 8.31. The molecule has 1 N–H and O–H groups in total. The molecule has 1 aromatic carbocycles. The molecule has 0 aliphatic heterocycles. The molecule has 0 aliphatic rings. The van der Waals surface area contributed by atoms with Crippen molar-refractivity contribution in [2.75, 3.05) is 13.2 Å². The summed E-state index contributed by atoms with van der Waals surface area (Å²) >= 11 is 0. The van der Waals surface area contributed by atoms with Crippen molar-refractivity contribution in [1.29, 1.82) is 0 Å². The molecule has 0 saturated carbocycles. The van der Waals surface area contributed by atoms with Crippen LogP contribution in [0.3, 0.4) is 0 Å². The van der Waals surface area contributed by atoms with Crippen molar-refractivity contribution in [3.05, 3.63) is 58.7 Å². The Morgan fingerprint density at radius 3 is 2.27 bits per heavy atom. The second kappa shape index (κ2) is 10.0. The largest absolute Gasteiger partial charge is 0.490 e. The third-order valence-corrected chi connectivity index (χ3v) is 3.32. The van der Waals surface area contributed by atoms with Crippen molar-refractivity contribution in [1.82, 2.24) is 0 Å². The Balaban J connectivity index is 2.43. The highest BCUT2D eigenvalue weighted by molar-refractivity contribution is 5.53. The van der Waals surface area contributed by atoms with E-state index in [-0.39, 0.29) is 6.61 Å². The van der Waals surface area contributed by atoms with Crippen LogP contribution in [-0.2, 0) is 0 Å². The van der Waals surface area contributed by atoms with Gasteiger partial charge in [0.25, 0.3) is 0 Å². The van der Waals surface area contributed by atoms with Gasteiger partial charge in [0.15, 0.2) is 0 Å². The van der Waals surface area contributed by atoms with Gasteiger partial charge in [-0.05, 0) is 69.9 Å². The van der Waals surface area contributed by atoms with Crippen LogP contribution in [0.5, 0.6) is 5.75 Å². The van der Waals surface area contributed by atoms with E-state index in [1.54, 1.807) is 0 Å². The monoisotopic (exact) mass is 300 g/mol. The van der Waals surface area contributed by atoms with Crippen LogP contribution in [0, 0.1) is 0 Å². The second-order valence-corrected chi connectivity index (χ2v) is 5.90. The topological polar surface area (TPSA) is 29.5 Å². The first-order chi connectivity index (χ1) is 10.5. The fourth-order valence-electron chi connectivity index (χ4n) is 1.96. The van der Waals surface area contributed by atoms with E-state index >= 15 is 0 Å². The molecule has 22 heavy (non-hydrogen) atoms. The summed E-state index contributed by atoms with van der Waals surface area (Å²) in [7, 11) is 0. The number of aliphatic hydroxyl groups excluding tert-OH is 1. The predicted octanol–water partition coefficient (Wildman–Crippen LogP) is 5.15. The van der Waals surface area contributed by atoms with Crippen LogP contribution < -0.4 is 4.74 Å². The van der Waals surface area contributed by atoms with Gasteiger partial charge in [-0.25, -0.2) is 0 Å². The highest BCUT2D eigenvalue weighted by atomic mass is 16.5. The summed E-state index contributed by atoms with van der Waals surface area (Å²) in [6, 6.07) is 7.92. The molecule has 1 rings (SSSR count). The molecular formula is C20H28O2. The van der Waals surface area contributed by atoms with Gasteiger partial charge in [-0.3, -0.25) is 0 Å². The molecule has 0 heterocycles. The summed E-state index contributed by atoms with van der Waals surface area (Å²) in [6.45, 7) is 9.01. The zero-order valence-electron chi connectivity index (χ0n) is 14.2. The lowest BCUT2D eigenvalue weighted by Crippen LogP contribution is -1.94. The zero-order chi connectivity index (χ0) is 16.4. The first-order valence-electron chi connectivity index (χ1n) is 7.81. The van der Waals surface area contributed by atoms with Gasteiger partial charge >= 0.3 is 0 Å². The number of hydrogen-bond donors (Lipinski definition) is 1. The van der Waals surface area contributed by atoms with Gasteiger partial charge in [0.1, 0.15) is 12.4 Å². The molecule has 2 nitrogen and oxygen atoms in total. The lowest BCUT2D eigenvalue weighted by molar-refractivity contribution is 0.332. The van der Waals surface area contributed by atoms with Gasteiger partial charge in [0.2, 0.25) is 0 Å². The molecular weight excluding hydrogens is 272 g/mol. The van der Waals surface area contributed by atoms with Gasteiger partial charge in [0.05, 0.1) is 6.61 Å². The fraction of sp³-hybridized carbons (Fsp3) is 0.400. The third-order valence-electron chi connectivity index (χ3n) is 3.32. The van der Waals surface area contributed by atoms with E-state index in [0.29, 0.717) is 6.61 Å². The summed E-state index contributed by atoms with van der Waals surface area (Å²) in [5, 5.41) is 9.01. The maximum absolute atomic E-state index is 9.01. The van der Waals surface area contributed by atoms with Crippen molar-refractivity contribution in [3.8, 4) is 5.75 Å². The van der Waals surface area contributed by atoms with Crippen molar-refractivity contribution in [2.24, 2.45) is 0 Å². The quantitative estimate of drug-likeness (QED) is 0.672. The average molecular weight is 300 g/mol. The normalized spacial score (nSPS) is 12.2.